The molecule has 0 aliphatic heterocycles. The zero-order chi connectivity index (χ0) is 19.9. The van der Waals surface area contributed by atoms with Crippen LogP contribution in [-0.4, -0.2) is 38.9 Å². The van der Waals surface area contributed by atoms with Gasteiger partial charge >= 0.3 is 12.3 Å². The Kier molecular flexibility index (Phi) is 4.33. The zero-order valence-corrected chi connectivity index (χ0v) is 14.7. The summed E-state index contributed by atoms with van der Waals surface area (Å²) >= 11 is 0. The van der Waals surface area contributed by atoms with Crippen LogP contribution in [0.15, 0.2) is 30.5 Å². The Labute approximate surface area is 157 Å². The monoisotopic (exact) mass is 392 g/mol. The summed E-state index contributed by atoms with van der Waals surface area (Å²) < 4.78 is 47.7. The van der Waals surface area contributed by atoms with Crippen molar-refractivity contribution in [2.45, 2.75) is 26.1 Å². The molecule has 4 rings (SSSR count). The number of esters is 1. The molecule has 1 aromatic carbocycles. The summed E-state index contributed by atoms with van der Waals surface area (Å²) in [7, 11) is 0. The lowest BCUT2D eigenvalue weighted by Gasteiger charge is -2.15. The molecule has 0 saturated carbocycles. The van der Waals surface area contributed by atoms with E-state index in [1.54, 1.807) is 13.1 Å². The first-order valence-corrected chi connectivity index (χ1v) is 8.55. The quantitative estimate of drug-likeness (QED) is 0.688. The highest BCUT2D eigenvalue weighted by Crippen LogP contribution is 2.36. The molecule has 1 aliphatic carbocycles. The molecule has 2 aromatic heterocycles. The Hall–Kier alpha value is -3.30. The molecule has 0 atom stereocenters. The van der Waals surface area contributed by atoms with E-state index in [1.165, 1.54) is 28.9 Å². The van der Waals surface area contributed by atoms with Crippen molar-refractivity contribution >= 4 is 5.97 Å². The van der Waals surface area contributed by atoms with E-state index < -0.39 is 12.3 Å². The second-order valence-electron chi connectivity index (χ2n) is 6.11. The molecule has 10 heteroatoms. The SMILES string of the molecule is CCOC(=O)c1nn(-c2ccc(OC(F)(F)F)cc2)c2c1CCc1[nH]ncc1-2. The van der Waals surface area contributed by atoms with Crippen molar-refractivity contribution in [2.75, 3.05) is 6.61 Å². The average molecular weight is 392 g/mol. The van der Waals surface area contributed by atoms with E-state index >= 15 is 0 Å². The minimum Gasteiger partial charge on any atom is -0.461 e. The first kappa shape index (κ1) is 18.1. The van der Waals surface area contributed by atoms with E-state index in [-0.39, 0.29) is 18.1 Å². The molecule has 7 nitrogen and oxygen atoms in total. The molecule has 0 saturated heterocycles. The number of nitrogens with zero attached hydrogens (tertiary/aromatic N) is 3. The molecule has 3 aromatic rings. The number of carbonyl (C=O) groups is 1. The number of halogens is 3. The minimum absolute atomic E-state index is 0.194. The number of hydrogen-bond donors (Lipinski definition) is 1. The lowest BCUT2D eigenvalue weighted by molar-refractivity contribution is -0.274. The molecule has 28 heavy (non-hydrogen) atoms. The van der Waals surface area contributed by atoms with Gasteiger partial charge in [-0.3, -0.25) is 5.10 Å². The fourth-order valence-corrected chi connectivity index (χ4v) is 3.26. The molecule has 0 bridgehead atoms. The molecule has 0 radical (unpaired) electrons. The molecule has 2 heterocycles. The van der Waals surface area contributed by atoms with Gasteiger partial charge < -0.3 is 9.47 Å². The predicted octanol–water partition coefficient (Wildman–Crippen LogP) is 3.44. The lowest BCUT2D eigenvalue weighted by Crippen LogP contribution is -2.17. The van der Waals surface area contributed by atoms with E-state index in [0.717, 1.165) is 16.8 Å². The largest absolute Gasteiger partial charge is 0.573 e. The van der Waals surface area contributed by atoms with E-state index in [1.807, 2.05) is 0 Å². The molecular formula is C18H15F3N4O3. The van der Waals surface area contributed by atoms with Crippen LogP contribution in [0.25, 0.3) is 16.9 Å². The summed E-state index contributed by atoms with van der Waals surface area (Å²) in [6, 6.07) is 5.27. The van der Waals surface area contributed by atoms with Crippen LogP contribution >= 0.6 is 0 Å². The lowest BCUT2D eigenvalue weighted by atomic mass is 9.94. The Bertz CT molecular complexity index is 1020. The Morgan fingerprint density at radius 2 is 2.00 bits per heavy atom. The number of alkyl halides is 3. The fraction of sp³-hybridized carbons (Fsp3) is 0.278. The van der Waals surface area contributed by atoms with Crippen LogP contribution in [-0.2, 0) is 17.6 Å². The van der Waals surface area contributed by atoms with Crippen molar-refractivity contribution in [1.29, 1.82) is 0 Å². The highest BCUT2D eigenvalue weighted by molar-refractivity contribution is 5.92. The van der Waals surface area contributed by atoms with Crippen molar-refractivity contribution in [1.82, 2.24) is 20.0 Å². The van der Waals surface area contributed by atoms with Crippen LogP contribution in [0, 0.1) is 0 Å². The van der Waals surface area contributed by atoms with E-state index in [4.69, 9.17) is 4.74 Å². The smallest absolute Gasteiger partial charge is 0.461 e. The standard InChI is InChI=1S/C18H15F3N4O3/c1-2-27-17(26)15-12-7-8-14-13(9-22-23-14)16(12)25(24-15)10-3-5-11(6-4-10)28-18(19,20)21/h3-6,9H,2,7-8H2,1H3,(H,22,23). The first-order chi connectivity index (χ1) is 13.4. The van der Waals surface area contributed by atoms with Gasteiger partial charge in [0, 0.05) is 16.8 Å². The van der Waals surface area contributed by atoms with Gasteiger partial charge in [-0.1, -0.05) is 0 Å². The van der Waals surface area contributed by atoms with Crippen LogP contribution < -0.4 is 4.74 Å². The minimum atomic E-state index is -4.77. The topological polar surface area (TPSA) is 82.0 Å². The Morgan fingerprint density at radius 1 is 1.25 bits per heavy atom. The molecule has 1 N–H and O–H groups in total. The number of aromatic amines is 1. The van der Waals surface area contributed by atoms with Gasteiger partial charge in [0.25, 0.3) is 0 Å². The van der Waals surface area contributed by atoms with Crippen LogP contribution in [0.1, 0.15) is 28.7 Å². The van der Waals surface area contributed by atoms with Crippen LogP contribution in [0.4, 0.5) is 13.2 Å². The number of ether oxygens (including phenoxy) is 2. The molecule has 0 unspecified atom stereocenters. The average Bonchev–Trinajstić information content (AvgIpc) is 3.25. The molecule has 146 valence electrons. The summed E-state index contributed by atoms with van der Waals surface area (Å²) in [6.45, 7) is 1.91. The van der Waals surface area contributed by atoms with E-state index in [2.05, 4.69) is 20.0 Å². The van der Waals surface area contributed by atoms with Crippen molar-refractivity contribution in [2.24, 2.45) is 0 Å². The third-order valence-electron chi connectivity index (χ3n) is 4.37. The number of H-pyrrole nitrogens is 1. The highest BCUT2D eigenvalue weighted by atomic mass is 19.4. The van der Waals surface area contributed by atoms with Gasteiger partial charge in [-0.25, -0.2) is 9.48 Å². The van der Waals surface area contributed by atoms with Gasteiger partial charge in [0.15, 0.2) is 5.69 Å². The third kappa shape index (κ3) is 3.21. The number of aromatic nitrogens is 4. The molecule has 0 spiro atoms. The van der Waals surface area contributed by atoms with Gasteiger partial charge in [-0.2, -0.15) is 10.2 Å². The molecule has 0 amide bonds. The van der Waals surface area contributed by atoms with Gasteiger partial charge in [-0.15, -0.1) is 13.2 Å². The summed E-state index contributed by atoms with van der Waals surface area (Å²) in [6.07, 6.45) is -1.90. The van der Waals surface area contributed by atoms with Crippen molar-refractivity contribution in [3.05, 3.63) is 47.4 Å². The normalized spacial score (nSPS) is 13.0. The van der Waals surface area contributed by atoms with Crippen molar-refractivity contribution in [3.63, 3.8) is 0 Å². The van der Waals surface area contributed by atoms with E-state index in [9.17, 15) is 18.0 Å². The van der Waals surface area contributed by atoms with Gasteiger partial charge in [-0.05, 0) is 44.0 Å². The van der Waals surface area contributed by atoms with E-state index in [0.29, 0.717) is 24.2 Å². The number of rotatable bonds is 4. The predicted molar refractivity (Wildman–Crippen MR) is 91.2 cm³/mol. The summed E-state index contributed by atoms with van der Waals surface area (Å²) in [5.41, 5.74) is 3.77. The van der Waals surface area contributed by atoms with Crippen molar-refractivity contribution < 1.29 is 27.4 Å². The van der Waals surface area contributed by atoms with Crippen LogP contribution in [0.3, 0.4) is 0 Å². The number of hydrogen-bond acceptors (Lipinski definition) is 5. The summed E-state index contributed by atoms with van der Waals surface area (Å²) in [4.78, 5) is 12.4. The number of fused-ring (bicyclic) bond motifs is 3. The van der Waals surface area contributed by atoms with Gasteiger partial charge in [0.2, 0.25) is 0 Å². The summed E-state index contributed by atoms with van der Waals surface area (Å²) in [5, 5.41) is 11.4. The van der Waals surface area contributed by atoms with Gasteiger partial charge in [0.1, 0.15) is 5.75 Å². The maximum absolute atomic E-state index is 12.4. The van der Waals surface area contributed by atoms with Crippen molar-refractivity contribution in [3.8, 4) is 22.7 Å². The second-order valence-corrected chi connectivity index (χ2v) is 6.11. The Balaban J connectivity index is 1.80. The highest BCUT2D eigenvalue weighted by Gasteiger charge is 2.32. The molecular weight excluding hydrogens is 377 g/mol. The maximum atomic E-state index is 12.4. The zero-order valence-electron chi connectivity index (χ0n) is 14.7. The Morgan fingerprint density at radius 3 is 2.68 bits per heavy atom. The number of nitrogens with one attached hydrogen (secondary N) is 1. The summed E-state index contributed by atoms with van der Waals surface area (Å²) in [5.74, 6) is -0.881. The van der Waals surface area contributed by atoms with Crippen LogP contribution in [0.2, 0.25) is 0 Å². The fourth-order valence-electron chi connectivity index (χ4n) is 3.26. The first-order valence-electron chi connectivity index (χ1n) is 8.55. The number of benzene rings is 1. The maximum Gasteiger partial charge on any atom is 0.573 e. The number of aryl methyl sites for hydroxylation is 1. The van der Waals surface area contributed by atoms with Crippen LogP contribution in [0.5, 0.6) is 5.75 Å². The van der Waals surface area contributed by atoms with Gasteiger partial charge in [0.05, 0.1) is 24.2 Å². The number of carbonyl (C=O) groups excluding carboxylic acids is 1. The third-order valence-corrected chi connectivity index (χ3v) is 4.37. The second kappa shape index (κ2) is 6.70. The molecule has 1 aliphatic rings. The molecule has 0 fully saturated rings.